The molecule has 2 amide bonds. The van der Waals surface area contributed by atoms with E-state index < -0.39 is 11.8 Å². The van der Waals surface area contributed by atoms with Crippen LogP contribution in [0.1, 0.15) is 12.0 Å². The highest BCUT2D eigenvalue weighted by Crippen LogP contribution is 2.20. The third kappa shape index (κ3) is 4.03. The van der Waals surface area contributed by atoms with E-state index >= 15 is 0 Å². The lowest BCUT2D eigenvalue weighted by molar-refractivity contribution is -0.143. The van der Waals surface area contributed by atoms with Crippen LogP contribution in [0.4, 0.5) is 5.69 Å². The summed E-state index contributed by atoms with van der Waals surface area (Å²) in [6.45, 7) is 2.59. The number of carbonyl (C=O) groups is 2. The maximum absolute atomic E-state index is 12.1. The number of halogens is 1. The molecule has 6 nitrogen and oxygen atoms in total. The average molecular weight is 351 g/mol. The second-order valence-corrected chi connectivity index (χ2v) is 5.57. The molecule has 0 bridgehead atoms. The SMILES string of the molecule is N#Cc1ccc(Br)cc1NC(=O)C(=O)N1CCCNCC1. The van der Waals surface area contributed by atoms with Crippen molar-refractivity contribution >= 4 is 33.4 Å². The molecule has 7 heteroatoms. The second-order valence-electron chi connectivity index (χ2n) is 4.65. The molecule has 2 N–H and O–H groups in total. The molecule has 1 aromatic carbocycles. The predicted octanol–water partition coefficient (Wildman–Crippen LogP) is 1.08. The molecule has 2 rings (SSSR count). The summed E-state index contributed by atoms with van der Waals surface area (Å²) in [6, 6.07) is 6.88. The van der Waals surface area contributed by atoms with Crippen LogP contribution < -0.4 is 10.6 Å². The van der Waals surface area contributed by atoms with Gasteiger partial charge in [0.15, 0.2) is 0 Å². The molecule has 1 heterocycles. The van der Waals surface area contributed by atoms with E-state index in [1.54, 1.807) is 18.2 Å². The number of amides is 2. The number of hydrogen-bond acceptors (Lipinski definition) is 4. The highest BCUT2D eigenvalue weighted by atomic mass is 79.9. The van der Waals surface area contributed by atoms with Crippen molar-refractivity contribution in [2.75, 3.05) is 31.5 Å². The summed E-state index contributed by atoms with van der Waals surface area (Å²) in [7, 11) is 0. The lowest BCUT2D eigenvalue weighted by atomic mass is 10.2. The number of nitrogens with zero attached hydrogens (tertiary/aromatic N) is 2. The summed E-state index contributed by atoms with van der Waals surface area (Å²) in [4.78, 5) is 25.7. The van der Waals surface area contributed by atoms with Crippen LogP contribution in [-0.2, 0) is 9.59 Å². The van der Waals surface area contributed by atoms with Gasteiger partial charge in [0.2, 0.25) is 0 Å². The topological polar surface area (TPSA) is 85.2 Å². The molecule has 1 aliphatic heterocycles. The van der Waals surface area contributed by atoms with E-state index in [4.69, 9.17) is 5.26 Å². The van der Waals surface area contributed by atoms with Crippen LogP contribution in [-0.4, -0.2) is 42.9 Å². The molecule has 1 aromatic rings. The molecule has 0 unspecified atom stereocenters. The number of nitriles is 1. The molecule has 0 saturated carbocycles. The van der Waals surface area contributed by atoms with Gasteiger partial charge in [-0.25, -0.2) is 0 Å². The monoisotopic (exact) mass is 350 g/mol. The first-order valence-electron chi connectivity index (χ1n) is 6.62. The summed E-state index contributed by atoms with van der Waals surface area (Å²) >= 11 is 3.28. The molecule has 0 aromatic heterocycles. The quantitative estimate of drug-likeness (QED) is 0.742. The molecule has 1 fully saturated rings. The van der Waals surface area contributed by atoms with E-state index in [9.17, 15) is 9.59 Å². The number of anilines is 1. The summed E-state index contributed by atoms with van der Waals surface area (Å²) in [6.07, 6.45) is 0.819. The second kappa shape index (κ2) is 7.20. The molecule has 0 aliphatic carbocycles. The zero-order valence-corrected chi connectivity index (χ0v) is 12.9. The van der Waals surface area contributed by atoms with Crippen LogP contribution in [0.2, 0.25) is 0 Å². The Balaban J connectivity index is 2.08. The Kier molecular flexibility index (Phi) is 5.31. The van der Waals surface area contributed by atoms with Crippen LogP contribution in [0.3, 0.4) is 0 Å². The number of hydrogen-bond donors (Lipinski definition) is 2. The summed E-state index contributed by atoms with van der Waals surface area (Å²) in [5.41, 5.74) is 0.648. The van der Waals surface area contributed by atoms with Crippen molar-refractivity contribution < 1.29 is 9.59 Å². The normalized spacial score (nSPS) is 15.0. The van der Waals surface area contributed by atoms with Crippen LogP contribution in [0.25, 0.3) is 0 Å². The maximum Gasteiger partial charge on any atom is 0.313 e. The van der Waals surface area contributed by atoms with Gasteiger partial charge >= 0.3 is 11.8 Å². The maximum atomic E-state index is 12.1. The Labute approximate surface area is 131 Å². The van der Waals surface area contributed by atoms with Gasteiger partial charge in [-0.1, -0.05) is 15.9 Å². The fourth-order valence-corrected chi connectivity index (χ4v) is 2.45. The van der Waals surface area contributed by atoms with Crippen molar-refractivity contribution in [2.24, 2.45) is 0 Å². The first-order valence-corrected chi connectivity index (χ1v) is 7.42. The van der Waals surface area contributed by atoms with Crippen molar-refractivity contribution in [3.05, 3.63) is 28.2 Å². The minimum atomic E-state index is -0.716. The first-order chi connectivity index (χ1) is 10.1. The van der Waals surface area contributed by atoms with Crippen LogP contribution >= 0.6 is 15.9 Å². The van der Waals surface area contributed by atoms with Gasteiger partial charge in [-0.3, -0.25) is 9.59 Å². The lowest BCUT2D eigenvalue weighted by Crippen LogP contribution is -2.41. The van der Waals surface area contributed by atoms with Crippen molar-refractivity contribution in [2.45, 2.75) is 6.42 Å². The van der Waals surface area contributed by atoms with E-state index in [0.717, 1.165) is 17.4 Å². The molecule has 1 saturated heterocycles. The smallest absolute Gasteiger partial charge is 0.313 e. The Morgan fingerprint density at radius 2 is 2.14 bits per heavy atom. The van der Waals surface area contributed by atoms with E-state index in [1.165, 1.54) is 4.90 Å². The minimum absolute atomic E-state index is 0.317. The highest BCUT2D eigenvalue weighted by Gasteiger charge is 2.23. The van der Waals surface area contributed by atoms with E-state index in [0.29, 0.717) is 30.9 Å². The third-order valence-electron chi connectivity index (χ3n) is 3.17. The Bertz CT molecular complexity index is 589. The molecule has 0 atom stereocenters. The van der Waals surface area contributed by atoms with E-state index in [2.05, 4.69) is 26.6 Å². The van der Waals surface area contributed by atoms with E-state index in [1.807, 2.05) is 6.07 Å². The molecule has 0 spiro atoms. The van der Waals surface area contributed by atoms with Crippen molar-refractivity contribution in [1.82, 2.24) is 10.2 Å². The zero-order chi connectivity index (χ0) is 15.2. The van der Waals surface area contributed by atoms with Crippen LogP contribution in [0.5, 0.6) is 0 Å². The fraction of sp³-hybridized carbons (Fsp3) is 0.357. The Hall–Kier alpha value is -1.91. The van der Waals surface area contributed by atoms with Crippen molar-refractivity contribution in [1.29, 1.82) is 5.26 Å². The zero-order valence-electron chi connectivity index (χ0n) is 11.4. The molecule has 0 radical (unpaired) electrons. The molecular weight excluding hydrogens is 336 g/mol. The number of nitrogens with one attached hydrogen (secondary N) is 2. The number of benzene rings is 1. The van der Waals surface area contributed by atoms with Gasteiger partial charge in [-0.2, -0.15) is 5.26 Å². The largest absolute Gasteiger partial charge is 0.333 e. The number of rotatable bonds is 1. The standard InChI is InChI=1S/C14H15BrN4O2/c15-11-3-2-10(9-16)12(8-11)18-13(20)14(21)19-6-1-4-17-5-7-19/h2-3,8,17H,1,4-7H2,(H,18,20). The number of carbonyl (C=O) groups excluding carboxylic acids is 2. The van der Waals surface area contributed by atoms with Gasteiger partial charge < -0.3 is 15.5 Å². The molecule has 21 heavy (non-hydrogen) atoms. The van der Waals surface area contributed by atoms with Crippen molar-refractivity contribution in [3.63, 3.8) is 0 Å². The molecular formula is C14H15BrN4O2. The third-order valence-corrected chi connectivity index (χ3v) is 3.67. The average Bonchev–Trinajstić information content (AvgIpc) is 2.75. The van der Waals surface area contributed by atoms with Crippen LogP contribution in [0, 0.1) is 11.3 Å². The van der Waals surface area contributed by atoms with Gasteiger partial charge in [0.1, 0.15) is 6.07 Å². The molecule has 110 valence electrons. The molecule has 1 aliphatic rings. The summed E-state index contributed by atoms with van der Waals surface area (Å²) in [5, 5.41) is 14.7. The van der Waals surface area contributed by atoms with E-state index in [-0.39, 0.29) is 0 Å². The summed E-state index contributed by atoms with van der Waals surface area (Å²) < 4.78 is 0.725. The van der Waals surface area contributed by atoms with Crippen molar-refractivity contribution in [3.8, 4) is 6.07 Å². The summed E-state index contributed by atoms with van der Waals surface area (Å²) in [5.74, 6) is -1.28. The van der Waals surface area contributed by atoms with Gasteiger partial charge in [0.05, 0.1) is 11.3 Å². The lowest BCUT2D eigenvalue weighted by Gasteiger charge is -2.19. The highest BCUT2D eigenvalue weighted by molar-refractivity contribution is 9.10. The minimum Gasteiger partial charge on any atom is -0.333 e. The first kappa shape index (κ1) is 15.5. The van der Waals surface area contributed by atoms with Gasteiger partial charge in [0, 0.05) is 24.1 Å². The predicted molar refractivity (Wildman–Crippen MR) is 81.6 cm³/mol. The fourth-order valence-electron chi connectivity index (χ4n) is 2.09. The Morgan fingerprint density at radius 3 is 2.90 bits per heavy atom. The van der Waals surface area contributed by atoms with Gasteiger partial charge in [-0.05, 0) is 31.2 Å². The Morgan fingerprint density at radius 1 is 1.33 bits per heavy atom. The van der Waals surface area contributed by atoms with Gasteiger partial charge in [0.25, 0.3) is 0 Å². The van der Waals surface area contributed by atoms with Crippen LogP contribution in [0.15, 0.2) is 22.7 Å². The van der Waals surface area contributed by atoms with Gasteiger partial charge in [-0.15, -0.1) is 0 Å².